The van der Waals surface area contributed by atoms with Crippen LogP contribution in [0.15, 0.2) is 41.0 Å². The van der Waals surface area contributed by atoms with E-state index in [0.29, 0.717) is 11.4 Å². The fourth-order valence-corrected chi connectivity index (χ4v) is 3.89. The van der Waals surface area contributed by atoms with Gasteiger partial charge in [-0.05, 0) is 43.2 Å². The zero-order valence-electron chi connectivity index (χ0n) is 15.6. The van der Waals surface area contributed by atoms with Crippen molar-refractivity contribution < 1.29 is 36.4 Å². The number of hydrogen-bond donors (Lipinski definition) is 1. The van der Waals surface area contributed by atoms with E-state index in [1.807, 2.05) is 0 Å². The molecule has 29 heavy (non-hydrogen) atoms. The number of alkyl halides is 3. The summed E-state index contributed by atoms with van der Waals surface area (Å²) in [6.07, 6.45) is -1.86. The summed E-state index contributed by atoms with van der Waals surface area (Å²) < 4.78 is 65.7. The highest BCUT2D eigenvalue weighted by atomic mass is 32.2. The van der Waals surface area contributed by atoms with Crippen molar-refractivity contribution in [2.75, 3.05) is 26.8 Å². The molecule has 11 heteroatoms. The molecule has 1 aromatic carbocycles. The molecular weight excluding hydrogens is 413 g/mol. The molecule has 2 unspecified atom stereocenters. The number of nitrogens with one attached hydrogen (secondary N) is 1. The SMILES string of the molecule is COC(=CC1CN(S(=O)c2ccc(OC(F)(F)F)cc2)CCO1)C(=O)NC1CC1. The third kappa shape index (κ3) is 6.44. The lowest BCUT2D eigenvalue weighted by atomic mass is 10.2. The molecule has 0 bridgehead atoms. The number of carbonyl (C=O) groups excluding carboxylic acids is 1. The van der Waals surface area contributed by atoms with Gasteiger partial charge >= 0.3 is 6.36 Å². The monoisotopic (exact) mass is 434 g/mol. The van der Waals surface area contributed by atoms with Gasteiger partial charge in [-0.1, -0.05) is 0 Å². The van der Waals surface area contributed by atoms with Crippen LogP contribution in [-0.2, 0) is 25.3 Å². The summed E-state index contributed by atoms with van der Waals surface area (Å²) in [6, 6.07) is 5.05. The number of amides is 1. The molecule has 2 aliphatic rings. The number of benzene rings is 1. The first-order chi connectivity index (χ1) is 13.7. The molecule has 0 spiro atoms. The molecule has 7 nitrogen and oxygen atoms in total. The van der Waals surface area contributed by atoms with E-state index < -0.39 is 23.5 Å². The molecular formula is C18H21F3N2O5S. The van der Waals surface area contributed by atoms with E-state index in [4.69, 9.17) is 9.47 Å². The summed E-state index contributed by atoms with van der Waals surface area (Å²) in [5, 5.41) is 2.82. The maximum Gasteiger partial charge on any atom is 0.573 e. The van der Waals surface area contributed by atoms with E-state index in [9.17, 15) is 22.2 Å². The molecule has 160 valence electrons. The lowest BCUT2D eigenvalue weighted by Gasteiger charge is -2.30. The lowest BCUT2D eigenvalue weighted by molar-refractivity contribution is -0.274. The normalized spacial score (nSPS) is 22.1. The largest absolute Gasteiger partial charge is 0.573 e. The van der Waals surface area contributed by atoms with Crippen LogP contribution in [0, 0.1) is 0 Å². The molecule has 1 aliphatic heterocycles. The summed E-state index contributed by atoms with van der Waals surface area (Å²) in [7, 11) is -0.212. The fraction of sp³-hybridized carbons (Fsp3) is 0.500. The second-order valence-corrected chi connectivity index (χ2v) is 8.03. The van der Waals surface area contributed by atoms with E-state index in [2.05, 4.69) is 10.1 Å². The molecule has 0 radical (unpaired) electrons. The maximum absolute atomic E-state index is 12.8. The number of halogens is 3. The Morgan fingerprint density at radius 3 is 2.59 bits per heavy atom. The van der Waals surface area contributed by atoms with Crippen molar-refractivity contribution in [3.8, 4) is 5.75 Å². The number of hydrogen-bond acceptors (Lipinski definition) is 5. The van der Waals surface area contributed by atoms with Crippen LogP contribution in [0.1, 0.15) is 12.8 Å². The molecule has 1 saturated carbocycles. The molecule has 1 aromatic rings. The highest BCUT2D eigenvalue weighted by Gasteiger charge is 2.31. The Hall–Kier alpha value is -2.11. The zero-order chi connectivity index (χ0) is 21.0. The molecule has 0 aromatic heterocycles. The number of nitrogens with zero attached hydrogens (tertiary/aromatic N) is 1. The van der Waals surface area contributed by atoms with Gasteiger partial charge in [-0.25, -0.2) is 8.51 Å². The molecule has 1 aliphatic carbocycles. The van der Waals surface area contributed by atoms with Gasteiger partial charge in [-0.15, -0.1) is 13.2 Å². The Balaban J connectivity index is 1.62. The number of ether oxygens (including phenoxy) is 3. The maximum atomic E-state index is 12.8. The molecule has 2 fully saturated rings. The first-order valence-corrected chi connectivity index (χ1v) is 10.1. The van der Waals surface area contributed by atoms with Gasteiger partial charge in [0.1, 0.15) is 16.7 Å². The van der Waals surface area contributed by atoms with Gasteiger partial charge in [0.25, 0.3) is 5.91 Å². The van der Waals surface area contributed by atoms with Crippen molar-refractivity contribution in [2.24, 2.45) is 0 Å². The standard InChI is InChI=1S/C18H21F3N2O5S/c1-26-16(17(24)22-12-2-3-12)10-14-11-23(8-9-27-14)29(25)15-6-4-13(5-7-15)28-18(19,20)21/h4-7,10,12,14H,2-3,8-9,11H2,1H3,(H,22,24). The number of rotatable bonds is 7. The third-order valence-electron chi connectivity index (χ3n) is 4.24. The fourth-order valence-electron chi connectivity index (χ4n) is 2.70. The van der Waals surface area contributed by atoms with E-state index in [1.165, 1.54) is 19.2 Å². The van der Waals surface area contributed by atoms with Crippen molar-refractivity contribution in [3.63, 3.8) is 0 Å². The Morgan fingerprint density at radius 2 is 2.00 bits per heavy atom. The van der Waals surface area contributed by atoms with Gasteiger partial charge in [0.15, 0.2) is 5.76 Å². The quantitative estimate of drug-likeness (QED) is 0.526. The van der Waals surface area contributed by atoms with Crippen molar-refractivity contribution in [3.05, 3.63) is 36.1 Å². The second-order valence-electron chi connectivity index (χ2n) is 6.55. The molecule has 1 amide bonds. The van der Waals surface area contributed by atoms with Crippen molar-refractivity contribution in [2.45, 2.75) is 36.2 Å². The van der Waals surface area contributed by atoms with Crippen LogP contribution in [-0.4, -0.2) is 59.7 Å². The number of methoxy groups -OCH3 is 1. The summed E-state index contributed by atoms with van der Waals surface area (Å²) in [5.41, 5.74) is 0. The van der Waals surface area contributed by atoms with Gasteiger partial charge in [-0.3, -0.25) is 4.79 Å². The molecule has 3 rings (SSSR count). The first kappa shape index (κ1) is 21.6. The Morgan fingerprint density at radius 1 is 1.31 bits per heavy atom. The van der Waals surface area contributed by atoms with Gasteiger partial charge in [0.2, 0.25) is 0 Å². The average Bonchev–Trinajstić information content (AvgIpc) is 3.49. The first-order valence-electron chi connectivity index (χ1n) is 8.96. The summed E-state index contributed by atoms with van der Waals surface area (Å²) in [5.74, 6) is -0.576. The Kier molecular flexibility index (Phi) is 6.81. The van der Waals surface area contributed by atoms with Crippen LogP contribution in [0.5, 0.6) is 5.75 Å². The zero-order valence-corrected chi connectivity index (χ0v) is 16.4. The van der Waals surface area contributed by atoms with Gasteiger partial charge in [0.05, 0.1) is 24.7 Å². The lowest BCUT2D eigenvalue weighted by Crippen LogP contribution is -2.43. The van der Waals surface area contributed by atoms with Gasteiger partial charge in [0, 0.05) is 19.1 Å². The Bertz CT molecular complexity index is 781. The van der Waals surface area contributed by atoms with Gasteiger partial charge in [-0.2, -0.15) is 0 Å². The van der Waals surface area contributed by atoms with Crippen molar-refractivity contribution in [1.29, 1.82) is 0 Å². The van der Waals surface area contributed by atoms with E-state index in [0.717, 1.165) is 25.0 Å². The van der Waals surface area contributed by atoms with Crippen molar-refractivity contribution >= 4 is 16.9 Å². The van der Waals surface area contributed by atoms with Crippen LogP contribution in [0.4, 0.5) is 13.2 Å². The minimum atomic E-state index is -4.78. The minimum Gasteiger partial charge on any atom is -0.491 e. The summed E-state index contributed by atoms with van der Waals surface area (Å²) >= 11 is 0. The van der Waals surface area contributed by atoms with E-state index >= 15 is 0 Å². The highest BCUT2D eigenvalue weighted by molar-refractivity contribution is 7.82. The van der Waals surface area contributed by atoms with Gasteiger partial charge < -0.3 is 19.5 Å². The molecule has 2 atom stereocenters. The van der Waals surface area contributed by atoms with Crippen LogP contribution >= 0.6 is 0 Å². The minimum absolute atomic E-state index is 0.128. The number of carbonyl (C=O) groups is 1. The van der Waals surface area contributed by atoms with Crippen LogP contribution < -0.4 is 10.1 Å². The predicted octanol–water partition coefficient (Wildman–Crippen LogP) is 2.12. The van der Waals surface area contributed by atoms with E-state index in [-0.39, 0.29) is 36.6 Å². The summed E-state index contributed by atoms with van der Waals surface area (Å²) in [4.78, 5) is 12.5. The van der Waals surface area contributed by atoms with Crippen LogP contribution in [0.3, 0.4) is 0 Å². The molecule has 1 heterocycles. The topological polar surface area (TPSA) is 77.1 Å². The number of morpholine rings is 1. The second kappa shape index (κ2) is 9.14. The van der Waals surface area contributed by atoms with E-state index in [1.54, 1.807) is 10.4 Å². The highest BCUT2D eigenvalue weighted by Crippen LogP contribution is 2.25. The summed E-state index contributed by atoms with van der Waals surface area (Å²) in [6.45, 7) is 0.884. The van der Waals surface area contributed by atoms with Crippen LogP contribution in [0.2, 0.25) is 0 Å². The van der Waals surface area contributed by atoms with Crippen LogP contribution in [0.25, 0.3) is 0 Å². The predicted molar refractivity (Wildman–Crippen MR) is 97.1 cm³/mol. The molecule has 1 N–H and O–H groups in total. The van der Waals surface area contributed by atoms with Crippen molar-refractivity contribution in [1.82, 2.24) is 9.62 Å². The smallest absolute Gasteiger partial charge is 0.491 e. The third-order valence-corrected chi connectivity index (χ3v) is 5.72. The average molecular weight is 434 g/mol. The Labute approximate surface area is 168 Å². The molecule has 1 saturated heterocycles.